The lowest BCUT2D eigenvalue weighted by Gasteiger charge is -2.16. The molecule has 1 aliphatic heterocycles. The van der Waals surface area contributed by atoms with Crippen LogP contribution in [0, 0.1) is 0 Å². The summed E-state index contributed by atoms with van der Waals surface area (Å²) in [6, 6.07) is 15.8. The van der Waals surface area contributed by atoms with Gasteiger partial charge in [-0.25, -0.2) is 0 Å². The van der Waals surface area contributed by atoms with E-state index in [4.69, 9.17) is 4.74 Å². The fourth-order valence-electron chi connectivity index (χ4n) is 2.38. The van der Waals surface area contributed by atoms with Crippen LogP contribution in [0.3, 0.4) is 0 Å². The van der Waals surface area contributed by atoms with Gasteiger partial charge in [0, 0.05) is 5.69 Å². The van der Waals surface area contributed by atoms with Gasteiger partial charge in [-0.2, -0.15) is 0 Å². The molecule has 2 aromatic rings. The third kappa shape index (κ3) is 2.16. The Labute approximate surface area is 118 Å². The third-order valence-corrected chi connectivity index (χ3v) is 3.73. The van der Waals surface area contributed by atoms with Gasteiger partial charge in [0.15, 0.2) is 0 Å². The Kier molecular flexibility index (Phi) is 2.97. The maximum Gasteiger partial charge on any atom is 0.234 e. The normalized spacial score (nSPS) is 15.6. The Morgan fingerprint density at radius 2 is 1.85 bits per heavy atom. The van der Waals surface area contributed by atoms with E-state index in [0.717, 1.165) is 22.6 Å². The number of ether oxygens (including phenoxy) is 1. The molecular weight excluding hydrogens is 250 g/mol. The maximum atomic E-state index is 11.9. The third-order valence-electron chi connectivity index (χ3n) is 3.73. The zero-order valence-corrected chi connectivity index (χ0v) is 11.6. The van der Waals surface area contributed by atoms with E-state index < -0.39 is 5.41 Å². The van der Waals surface area contributed by atoms with Gasteiger partial charge in [0.05, 0.1) is 5.41 Å². The van der Waals surface area contributed by atoms with Crippen molar-refractivity contribution in [3.05, 3.63) is 59.7 Å². The number of nitrogens with one attached hydrogen (secondary N) is 1. The van der Waals surface area contributed by atoms with Crippen molar-refractivity contribution in [3.63, 3.8) is 0 Å². The van der Waals surface area contributed by atoms with Crippen molar-refractivity contribution in [2.75, 3.05) is 5.32 Å². The summed E-state index contributed by atoms with van der Waals surface area (Å²) in [4.78, 5) is 11.9. The van der Waals surface area contributed by atoms with Crippen LogP contribution in [0.2, 0.25) is 0 Å². The van der Waals surface area contributed by atoms with Crippen LogP contribution in [0.5, 0.6) is 5.75 Å². The molecule has 102 valence electrons. The number of benzene rings is 2. The van der Waals surface area contributed by atoms with Crippen molar-refractivity contribution in [1.29, 1.82) is 0 Å². The zero-order chi connectivity index (χ0) is 14.2. The fourth-order valence-corrected chi connectivity index (χ4v) is 2.38. The van der Waals surface area contributed by atoms with Gasteiger partial charge in [-0.1, -0.05) is 30.3 Å². The Bertz CT molecular complexity index is 647. The van der Waals surface area contributed by atoms with E-state index in [1.54, 1.807) is 0 Å². The van der Waals surface area contributed by atoms with Gasteiger partial charge in [0.1, 0.15) is 12.4 Å². The number of rotatable bonds is 3. The largest absolute Gasteiger partial charge is 0.489 e. The molecule has 1 N–H and O–H groups in total. The van der Waals surface area contributed by atoms with Gasteiger partial charge in [0.2, 0.25) is 5.91 Å². The average Bonchev–Trinajstić information content (AvgIpc) is 2.68. The highest BCUT2D eigenvalue weighted by atomic mass is 16.5. The van der Waals surface area contributed by atoms with Crippen molar-refractivity contribution < 1.29 is 9.53 Å². The topological polar surface area (TPSA) is 38.3 Å². The number of carbonyl (C=O) groups is 1. The van der Waals surface area contributed by atoms with Gasteiger partial charge in [-0.3, -0.25) is 4.79 Å². The van der Waals surface area contributed by atoms with E-state index in [9.17, 15) is 4.79 Å². The molecule has 0 saturated heterocycles. The lowest BCUT2D eigenvalue weighted by atomic mass is 9.86. The summed E-state index contributed by atoms with van der Waals surface area (Å²) in [5.41, 5.74) is 2.50. The first-order chi connectivity index (χ1) is 9.57. The molecule has 1 heterocycles. The summed E-state index contributed by atoms with van der Waals surface area (Å²) in [5.74, 6) is 0.824. The highest BCUT2D eigenvalue weighted by molar-refractivity contribution is 6.05. The van der Waals surface area contributed by atoms with Crippen molar-refractivity contribution in [2.45, 2.75) is 25.9 Å². The maximum absolute atomic E-state index is 11.9. The van der Waals surface area contributed by atoms with Crippen molar-refractivity contribution >= 4 is 11.6 Å². The first-order valence-electron chi connectivity index (χ1n) is 6.70. The standard InChI is InChI=1S/C17H17NO2/c1-17(2)14-10-13(8-9-15(14)18-16(17)19)20-11-12-6-4-3-5-7-12/h3-10H,11H2,1-2H3,(H,18,19). The van der Waals surface area contributed by atoms with Crippen LogP contribution < -0.4 is 10.1 Å². The molecule has 3 nitrogen and oxygen atoms in total. The summed E-state index contributed by atoms with van der Waals surface area (Å²) < 4.78 is 5.81. The van der Waals surface area contributed by atoms with Crippen LogP contribution >= 0.6 is 0 Å². The molecule has 3 heteroatoms. The van der Waals surface area contributed by atoms with Gasteiger partial charge in [-0.05, 0) is 43.2 Å². The Hall–Kier alpha value is -2.29. The summed E-state index contributed by atoms with van der Waals surface area (Å²) >= 11 is 0. The van der Waals surface area contributed by atoms with Crippen LogP contribution in [0.4, 0.5) is 5.69 Å². The lowest BCUT2D eigenvalue weighted by molar-refractivity contribution is -0.119. The Morgan fingerprint density at radius 1 is 1.10 bits per heavy atom. The summed E-state index contributed by atoms with van der Waals surface area (Å²) in [6.07, 6.45) is 0. The van der Waals surface area contributed by atoms with E-state index in [0.29, 0.717) is 6.61 Å². The number of hydrogen-bond donors (Lipinski definition) is 1. The molecule has 0 atom stereocenters. The molecule has 3 rings (SSSR count). The van der Waals surface area contributed by atoms with Crippen LogP contribution in [0.25, 0.3) is 0 Å². The minimum atomic E-state index is -0.499. The summed E-state index contributed by atoms with van der Waals surface area (Å²) in [5, 5.41) is 2.89. The highest BCUT2D eigenvalue weighted by Crippen LogP contribution is 2.39. The van der Waals surface area contributed by atoms with Gasteiger partial charge >= 0.3 is 0 Å². The molecule has 0 saturated carbocycles. The van der Waals surface area contributed by atoms with Gasteiger partial charge in [0.25, 0.3) is 0 Å². The van der Waals surface area contributed by atoms with Crippen molar-refractivity contribution in [3.8, 4) is 5.75 Å². The SMILES string of the molecule is CC1(C)C(=O)Nc2ccc(OCc3ccccc3)cc21. The molecular formula is C17H17NO2. The zero-order valence-electron chi connectivity index (χ0n) is 11.6. The molecule has 0 aromatic heterocycles. The van der Waals surface area contributed by atoms with E-state index in [2.05, 4.69) is 5.32 Å². The lowest BCUT2D eigenvalue weighted by Crippen LogP contribution is -2.26. The van der Waals surface area contributed by atoms with Gasteiger partial charge in [-0.15, -0.1) is 0 Å². The smallest absolute Gasteiger partial charge is 0.234 e. The van der Waals surface area contributed by atoms with Crippen LogP contribution in [0.1, 0.15) is 25.0 Å². The molecule has 20 heavy (non-hydrogen) atoms. The van der Waals surface area contributed by atoms with Crippen LogP contribution in [-0.4, -0.2) is 5.91 Å². The molecule has 0 fully saturated rings. The molecule has 1 amide bonds. The van der Waals surface area contributed by atoms with E-state index >= 15 is 0 Å². The molecule has 0 spiro atoms. The van der Waals surface area contributed by atoms with Crippen molar-refractivity contribution in [1.82, 2.24) is 0 Å². The second-order valence-electron chi connectivity index (χ2n) is 5.56. The van der Waals surface area contributed by atoms with Crippen molar-refractivity contribution in [2.24, 2.45) is 0 Å². The first-order valence-corrected chi connectivity index (χ1v) is 6.70. The number of hydrogen-bond acceptors (Lipinski definition) is 2. The number of anilines is 1. The minimum absolute atomic E-state index is 0.0349. The monoisotopic (exact) mass is 267 g/mol. The first kappa shape index (κ1) is 12.7. The molecule has 0 aliphatic carbocycles. The Morgan fingerprint density at radius 3 is 2.60 bits per heavy atom. The highest BCUT2D eigenvalue weighted by Gasteiger charge is 2.38. The second kappa shape index (κ2) is 4.67. The number of amides is 1. The molecule has 2 aromatic carbocycles. The van der Waals surface area contributed by atoms with E-state index in [-0.39, 0.29) is 5.91 Å². The number of carbonyl (C=O) groups excluding carboxylic acids is 1. The summed E-state index contributed by atoms with van der Waals surface area (Å²) in [6.45, 7) is 4.38. The predicted octanol–water partition coefficient (Wildman–Crippen LogP) is 3.50. The van der Waals surface area contributed by atoms with E-state index in [1.165, 1.54) is 0 Å². The predicted molar refractivity (Wildman–Crippen MR) is 78.9 cm³/mol. The van der Waals surface area contributed by atoms with Crippen LogP contribution in [-0.2, 0) is 16.8 Å². The molecule has 0 bridgehead atoms. The average molecular weight is 267 g/mol. The number of fused-ring (bicyclic) bond motifs is 1. The molecule has 1 aliphatic rings. The molecule has 0 radical (unpaired) electrons. The summed E-state index contributed by atoms with van der Waals surface area (Å²) in [7, 11) is 0. The fraction of sp³-hybridized carbons (Fsp3) is 0.235. The quantitative estimate of drug-likeness (QED) is 0.924. The second-order valence-corrected chi connectivity index (χ2v) is 5.56. The minimum Gasteiger partial charge on any atom is -0.489 e. The van der Waals surface area contributed by atoms with E-state index in [1.807, 2.05) is 62.4 Å². The Balaban J connectivity index is 1.80. The van der Waals surface area contributed by atoms with Gasteiger partial charge < -0.3 is 10.1 Å². The molecule has 0 unspecified atom stereocenters. The van der Waals surface area contributed by atoms with Crippen LogP contribution in [0.15, 0.2) is 48.5 Å².